The Hall–Kier alpha value is 0.570. The summed E-state index contributed by atoms with van der Waals surface area (Å²) in [5, 5.41) is 11.6. The van der Waals surface area contributed by atoms with E-state index in [1.165, 1.54) is 26.2 Å². The Morgan fingerprint density at radius 1 is 1.07 bits per heavy atom. The summed E-state index contributed by atoms with van der Waals surface area (Å²) in [7, 11) is 2.18. The largest absolute Gasteiger partial charge is 1.00 e. The molecule has 5 heteroatoms. The average molecular weight is 326 g/mol. The van der Waals surface area contributed by atoms with Crippen molar-refractivity contribution in [2.75, 3.05) is 46.3 Å². The zero-order valence-corrected chi connectivity index (χ0v) is 11.6. The van der Waals surface area contributed by atoms with Gasteiger partial charge in [-0.15, -0.1) is 0 Å². The van der Waals surface area contributed by atoms with Gasteiger partial charge < -0.3 is 39.1 Å². The van der Waals surface area contributed by atoms with Crippen molar-refractivity contribution in [3.05, 3.63) is 5.21 Å². The summed E-state index contributed by atoms with van der Waals surface area (Å²) in [6, 6.07) is 0.696. The summed E-state index contributed by atoms with van der Waals surface area (Å²) in [4.78, 5) is 4.96. The third kappa shape index (κ3) is 3.81. The van der Waals surface area contributed by atoms with Crippen LogP contribution in [0.2, 0.25) is 0 Å². The van der Waals surface area contributed by atoms with Crippen LogP contribution in [0.25, 0.3) is 0 Å². The standard InChI is InChI=1S/C10H21N3O.HI/c1-11-6-8-12(9-7-11)10-2-4-13(14)5-3-10;/h10,13H,2-9H2,1H3;1H/p-1. The average Bonchev–Trinajstić information content (AvgIpc) is 2.21. The van der Waals surface area contributed by atoms with E-state index >= 15 is 0 Å². The number of hydrogen-bond donors (Lipinski definition) is 1. The van der Waals surface area contributed by atoms with Crippen LogP contribution < -0.4 is 29.0 Å². The normalized spacial score (nSPS) is 34.8. The predicted molar refractivity (Wildman–Crippen MR) is 56.2 cm³/mol. The third-order valence-electron chi connectivity index (χ3n) is 3.57. The molecule has 0 aliphatic carbocycles. The Bertz CT molecular complexity index is 158. The van der Waals surface area contributed by atoms with Crippen molar-refractivity contribution in [3.63, 3.8) is 0 Å². The van der Waals surface area contributed by atoms with Crippen molar-refractivity contribution >= 4 is 0 Å². The van der Waals surface area contributed by atoms with Crippen molar-refractivity contribution in [1.29, 1.82) is 0 Å². The molecule has 1 N–H and O–H groups in total. The van der Waals surface area contributed by atoms with Gasteiger partial charge in [-0.1, -0.05) is 0 Å². The van der Waals surface area contributed by atoms with Gasteiger partial charge in [0.15, 0.2) is 0 Å². The maximum atomic E-state index is 11.1. The van der Waals surface area contributed by atoms with Crippen molar-refractivity contribution in [3.8, 4) is 0 Å². The second kappa shape index (κ2) is 6.34. The van der Waals surface area contributed by atoms with E-state index in [1.807, 2.05) is 0 Å². The molecule has 0 radical (unpaired) electrons. The number of piperidine rings is 1. The number of likely N-dealkylation sites (N-methyl/N-ethyl adjacent to an activating group) is 1. The first-order valence-electron chi connectivity index (χ1n) is 5.70. The van der Waals surface area contributed by atoms with Crippen LogP contribution in [0, 0.1) is 5.21 Å². The Balaban J connectivity index is 0.00000112. The maximum absolute atomic E-state index is 11.1. The summed E-state index contributed by atoms with van der Waals surface area (Å²) >= 11 is 0. The second-order valence-corrected chi connectivity index (χ2v) is 4.61. The van der Waals surface area contributed by atoms with E-state index in [0.29, 0.717) is 11.1 Å². The Morgan fingerprint density at radius 2 is 1.60 bits per heavy atom. The molecule has 90 valence electrons. The number of halogens is 1. The van der Waals surface area contributed by atoms with Gasteiger partial charge in [0.1, 0.15) is 0 Å². The first-order valence-corrected chi connectivity index (χ1v) is 5.70. The quantitative estimate of drug-likeness (QED) is 0.392. The monoisotopic (exact) mass is 326 g/mol. The minimum Gasteiger partial charge on any atom is -1.00 e. The molecule has 2 fully saturated rings. The van der Waals surface area contributed by atoms with Crippen LogP contribution >= 0.6 is 0 Å². The number of nitrogens with zero attached hydrogens (tertiary/aromatic N) is 2. The van der Waals surface area contributed by atoms with Gasteiger partial charge in [-0.2, -0.15) is 0 Å². The molecule has 0 aromatic heterocycles. The molecular formula is C10H21IN3O-. The first-order chi connectivity index (χ1) is 6.75. The van der Waals surface area contributed by atoms with Crippen LogP contribution in [0.3, 0.4) is 0 Å². The predicted octanol–water partition coefficient (Wildman–Crippen LogP) is -4.22. The number of nitrogens with one attached hydrogen (secondary N) is 1. The van der Waals surface area contributed by atoms with Gasteiger partial charge in [-0.25, -0.2) is 0 Å². The molecule has 2 aliphatic rings. The van der Waals surface area contributed by atoms with Gasteiger partial charge in [0, 0.05) is 45.1 Å². The maximum Gasteiger partial charge on any atom is 0.0783 e. The molecule has 2 heterocycles. The van der Waals surface area contributed by atoms with E-state index in [4.69, 9.17) is 0 Å². The molecule has 0 bridgehead atoms. The SMILES string of the molecule is CN1CCN(C2CC[NH+]([O-])CC2)CC1.[I-]. The van der Waals surface area contributed by atoms with Crippen molar-refractivity contribution in [2.24, 2.45) is 0 Å². The van der Waals surface area contributed by atoms with Crippen LogP contribution in [0.15, 0.2) is 0 Å². The minimum absolute atomic E-state index is 0. The summed E-state index contributed by atoms with van der Waals surface area (Å²) in [5.41, 5.74) is 0. The van der Waals surface area contributed by atoms with Crippen LogP contribution in [-0.4, -0.2) is 62.2 Å². The van der Waals surface area contributed by atoms with Gasteiger partial charge in [0.25, 0.3) is 0 Å². The smallest absolute Gasteiger partial charge is 0.0783 e. The molecule has 0 aromatic rings. The van der Waals surface area contributed by atoms with Crippen LogP contribution in [0.4, 0.5) is 0 Å². The topological polar surface area (TPSA) is 34.0 Å². The molecule has 2 rings (SSSR count). The molecule has 0 unspecified atom stereocenters. The lowest BCUT2D eigenvalue weighted by molar-refractivity contribution is -0.854. The fourth-order valence-electron chi connectivity index (χ4n) is 2.48. The van der Waals surface area contributed by atoms with Gasteiger partial charge in [-0.3, -0.25) is 4.90 Å². The molecule has 0 amide bonds. The highest BCUT2D eigenvalue weighted by Gasteiger charge is 2.26. The Labute approximate surface area is 109 Å². The summed E-state index contributed by atoms with van der Waals surface area (Å²) in [5.74, 6) is 0. The summed E-state index contributed by atoms with van der Waals surface area (Å²) in [6.07, 6.45) is 2.20. The van der Waals surface area contributed by atoms with Gasteiger partial charge in [-0.05, 0) is 7.05 Å². The van der Waals surface area contributed by atoms with Crippen LogP contribution in [0.1, 0.15) is 12.8 Å². The van der Waals surface area contributed by atoms with E-state index in [0.717, 1.165) is 25.9 Å². The lowest BCUT2D eigenvalue weighted by Crippen LogP contribution is -3.08. The number of hydrogen-bond acceptors (Lipinski definition) is 3. The molecule has 15 heavy (non-hydrogen) atoms. The minimum atomic E-state index is 0. The molecule has 0 atom stereocenters. The molecule has 2 aliphatic heterocycles. The second-order valence-electron chi connectivity index (χ2n) is 4.61. The molecule has 0 saturated carbocycles. The van der Waals surface area contributed by atoms with E-state index in [2.05, 4.69) is 16.8 Å². The van der Waals surface area contributed by atoms with Crippen molar-refractivity contribution < 1.29 is 29.0 Å². The van der Waals surface area contributed by atoms with Gasteiger partial charge >= 0.3 is 0 Å². The van der Waals surface area contributed by atoms with E-state index in [1.54, 1.807) is 0 Å². The summed E-state index contributed by atoms with van der Waals surface area (Å²) in [6.45, 7) is 6.38. The van der Waals surface area contributed by atoms with E-state index < -0.39 is 0 Å². The zero-order chi connectivity index (χ0) is 9.97. The molecular weight excluding hydrogens is 305 g/mol. The highest BCUT2D eigenvalue weighted by molar-refractivity contribution is 4.78. The number of hydroxylamine groups is 2. The van der Waals surface area contributed by atoms with Gasteiger partial charge in [0.05, 0.1) is 13.1 Å². The zero-order valence-electron chi connectivity index (χ0n) is 9.41. The van der Waals surface area contributed by atoms with Gasteiger partial charge in [0.2, 0.25) is 0 Å². The summed E-state index contributed by atoms with van der Waals surface area (Å²) < 4.78 is 0. The Kier molecular flexibility index (Phi) is 5.76. The number of piperazine rings is 1. The number of rotatable bonds is 1. The van der Waals surface area contributed by atoms with E-state index in [-0.39, 0.29) is 24.0 Å². The molecule has 4 nitrogen and oxygen atoms in total. The highest BCUT2D eigenvalue weighted by Crippen LogP contribution is 2.12. The van der Waals surface area contributed by atoms with Crippen molar-refractivity contribution in [2.45, 2.75) is 18.9 Å². The molecule has 2 saturated heterocycles. The first kappa shape index (κ1) is 13.6. The van der Waals surface area contributed by atoms with Crippen LogP contribution in [-0.2, 0) is 0 Å². The Morgan fingerprint density at radius 3 is 2.13 bits per heavy atom. The molecule has 0 aromatic carbocycles. The van der Waals surface area contributed by atoms with E-state index in [9.17, 15) is 5.21 Å². The highest BCUT2D eigenvalue weighted by atomic mass is 127. The fraction of sp³-hybridized carbons (Fsp3) is 1.00. The molecule has 0 spiro atoms. The lowest BCUT2D eigenvalue weighted by atomic mass is 10.0. The fourth-order valence-corrected chi connectivity index (χ4v) is 2.48. The van der Waals surface area contributed by atoms with Crippen LogP contribution in [0.5, 0.6) is 0 Å². The third-order valence-corrected chi connectivity index (χ3v) is 3.57. The lowest BCUT2D eigenvalue weighted by Gasteiger charge is -2.41. The number of quaternary nitrogens is 1. The van der Waals surface area contributed by atoms with Crippen molar-refractivity contribution in [1.82, 2.24) is 9.80 Å².